The van der Waals surface area contributed by atoms with Crippen molar-refractivity contribution in [2.75, 3.05) is 11.9 Å². The maximum absolute atomic E-state index is 11.5. The van der Waals surface area contributed by atoms with Gasteiger partial charge in [-0.1, -0.05) is 18.6 Å². The zero-order valence-corrected chi connectivity index (χ0v) is 13.8. The number of amides is 2. The first-order chi connectivity index (χ1) is 11.4. The molecule has 2 atom stereocenters. The quantitative estimate of drug-likeness (QED) is 0.522. The van der Waals surface area contributed by atoms with Crippen LogP contribution in [0.15, 0.2) is 24.3 Å². The number of rotatable bonds is 4. The minimum absolute atomic E-state index is 0.0767. The molecule has 9 heteroatoms. The van der Waals surface area contributed by atoms with Gasteiger partial charge in [0.05, 0.1) is 6.04 Å². The Hall–Kier alpha value is -2.39. The van der Waals surface area contributed by atoms with Crippen molar-refractivity contribution in [3.63, 3.8) is 0 Å². The minimum atomic E-state index is -1.51. The Morgan fingerprint density at radius 1 is 1.33 bits per heavy atom. The SMILES string of the molecule is NC(=S)Nc1cccc(C(C2CCCCN2)N(C(=O)O)C(=O)O)c1. The van der Waals surface area contributed by atoms with Gasteiger partial charge in [0.1, 0.15) is 0 Å². The van der Waals surface area contributed by atoms with Crippen LogP contribution in [0.4, 0.5) is 15.3 Å². The monoisotopic (exact) mass is 352 g/mol. The van der Waals surface area contributed by atoms with Gasteiger partial charge in [0.15, 0.2) is 5.11 Å². The number of benzene rings is 1. The van der Waals surface area contributed by atoms with E-state index in [0.717, 1.165) is 19.4 Å². The highest BCUT2D eigenvalue weighted by Crippen LogP contribution is 2.30. The van der Waals surface area contributed by atoms with Crippen molar-refractivity contribution in [2.24, 2.45) is 5.73 Å². The van der Waals surface area contributed by atoms with E-state index in [9.17, 15) is 19.8 Å². The smallest absolute Gasteiger partial charge is 0.417 e. The Bertz CT molecular complexity index is 620. The summed E-state index contributed by atoms with van der Waals surface area (Å²) in [5.41, 5.74) is 6.60. The predicted molar refractivity (Wildman–Crippen MR) is 93.1 cm³/mol. The van der Waals surface area contributed by atoms with Crippen molar-refractivity contribution >= 4 is 35.2 Å². The molecule has 2 rings (SSSR count). The zero-order chi connectivity index (χ0) is 17.7. The summed E-state index contributed by atoms with van der Waals surface area (Å²) >= 11 is 4.80. The second-order valence-corrected chi connectivity index (χ2v) is 5.99. The van der Waals surface area contributed by atoms with E-state index in [1.165, 1.54) is 0 Å². The standard InChI is InChI=1S/C15H20N4O4S/c16-13(24)18-10-5-3-4-9(8-10)12(11-6-1-2-7-17-11)19(14(20)21)15(22)23/h3-5,8,11-12,17H,1-2,6-7H2,(H,20,21)(H,22,23)(H3,16,18,24). The van der Waals surface area contributed by atoms with Crippen LogP contribution in [0.2, 0.25) is 0 Å². The van der Waals surface area contributed by atoms with Crippen LogP contribution in [-0.2, 0) is 0 Å². The number of nitrogens with zero attached hydrogens (tertiary/aromatic N) is 1. The van der Waals surface area contributed by atoms with E-state index >= 15 is 0 Å². The third-order valence-corrected chi connectivity index (χ3v) is 4.02. The molecule has 0 radical (unpaired) electrons. The van der Waals surface area contributed by atoms with Crippen LogP contribution in [0.25, 0.3) is 0 Å². The third-order valence-electron chi connectivity index (χ3n) is 3.92. The lowest BCUT2D eigenvalue weighted by Gasteiger charge is -2.35. The third kappa shape index (κ3) is 4.33. The minimum Gasteiger partial charge on any atom is -0.465 e. The van der Waals surface area contributed by atoms with E-state index in [4.69, 9.17) is 18.0 Å². The van der Waals surface area contributed by atoms with Gasteiger partial charge in [-0.05, 0) is 49.3 Å². The Balaban J connectivity index is 2.42. The summed E-state index contributed by atoms with van der Waals surface area (Å²) < 4.78 is 0. The molecule has 0 aromatic heterocycles. The van der Waals surface area contributed by atoms with Crippen LogP contribution >= 0.6 is 12.2 Å². The van der Waals surface area contributed by atoms with Gasteiger partial charge in [0, 0.05) is 11.7 Å². The molecule has 0 aliphatic carbocycles. The molecule has 8 nitrogen and oxygen atoms in total. The molecule has 130 valence electrons. The van der Waals surface area contributed by atoms with E-state index in [1.807, 2.05) is 0 Å². The van der Waals surface area contributed by atoms with Crippen molar-refractivity contribution in [1.29, 1.82) is 0 Å². The predicted octanol–water partition coefficient (Wildman–Crippen LogP) is 2.18. The molecule has 0 spiro atoms. The first kappa shape index (κ1) is 18.0. The topological polar surface area (TPSA) is 128 Å². The highest BCUT2D eigenvalue weighted by Gasteiger charge is 2.37. The zero-order valence-electron chi connectivity index (χ0n) is 12.9. The van der Waals surface area contributed by atoms with Gasteiger partial charge in [-0.15, -0.1) is 0 Å². The molecule has 6 N–H and O–H groups in total. The molecule has 0 bridgehead atoms. The average Bonchev–Trinajstić information content (AvgIpc) is 2.52. The van der Waals surface area contributed by atoms with Crippen LogP contribution in [0, 0.1) is 0 Å². The van der Waals surface area contributed by atoms with Crippen LogP contribution in [0.3, 0.4) is 0 Å². The number of hydrogen-bond acceptors (Lipinski definition) is 4. The van der Waals surface area contributed by atoms with Gasteiger partial charge in [-0.25, -0.2) is 14.5 Å². The van der Waals surface area contributed by atoms with Crippen molar-refractivity contribution in [3.05, 3.63) is 29.8 Å². The molecule has 1 aromatic rings. The Kier molecular flexibility index (Phi) is 5.93. The summed E-state index contributed by atoms with van der Waals surface area (Å²) in [6.45, 7) is 0.721. The lowest BCUT2D eigenvalue weighted by molar-refractivity contribution is 0.0921. The number of anilines is 1. The fourth-order valence-corrected chi connectivity index (χ4v) is 3.09. The van der Waals surface area contributed by atoms with E-state index in [2.05, 4.69) is 10.6 Å². The largest absolute Gasteiger partial charge is 0.465 e. The molecule has 24 heavy (non-hydrogen) atoms. The number of piperidine rings is 1. The van der Waals surface area contributed by atoms with E-state index < -0.39 is 18.2 Å². The molecule has 2 amide bonds. The molecule has 1 fully saturated rings. The molecule has 1 aromatic carbocycles. The molecular formula is C15H20N4O4S. The second-order valence-electron chi connectivity index (χ2n) is 5.55. The number of thiocarbonyl (C=S) groups is 1. The van der Waals surface area contributed by atoms with Crippen molar-refractivity contribution in [3.8, 4) is 0 Å². The van der Waals surface area contributed by atoms with E-state index in [-0.39, 0.29) is 11.2 Å². The Morgan fingerprint density at radius 2 is 2.04 bits per heavy atom. The lowest BCUT2D eigenvalue weighted by Crippen LogP contribution is -2.49. The number of carboxylic acid groups (broad SMARTS) is 2. The number of carbonyl (C=O) groups is 2. The molecule has 2 unspecified atom stereocenters. The average molecular weight is 352 g/mol. The second kappa shape index (κ2) is 7.93. The molecule has 1 aliphatic heterocycles. The van der Waals surface area contributed by atoms with E-state index in [1.54, 1.807) is 24.3 Å². The first-order valence-electron chi connectivity index (χ1n) is 7.55. The summed E-state index contributed by atoms with van der Waals surface area (Å²) in [5, 5.41) is 24.8. The van der Waals surface area contributed by atoms with Gasteiger partial charge < -0.3 is 26.6 Å². The van der Waals surface area contributed by atoms with Crippen molar-refractivity contribution < 1.29 is 19.8 Å². The fraction of sp³-hybridized carbons (Fsp3) is 0.400. The molecule has 1 heterocycles. The lowest BCUT2D eigenvalue weighted by atomic mass is 9.91. The van der Waals surface area contributed by atoms with Crippen molar-refractivity contribution in [1.82, 2.24) is 10.2 Å². The van der Waals surface area contributed by atoms with Gasteiger partial charge in [-0.3, -0.25) is 0 Å². The summed E-state index contributed by atoms with van der Waals surface area (Å²) in [6, 6.07) is 5.65. The normalized spacial score (nSPS) is 18.4. The highest BCUT2D eigenvalue weighted by atomic mass is 32.1. The molecule has 1 saturated heterocycles. The summed E-state index contributed by atoms with van der Waals surface area (Å²) in [4.78, 5) is 23.5. The van der Waals surface area contributed by atoms with Crippen molar-refractivity contribution in [2.45, 2.75) is 31.3 Å². The Labute approximate surface area is 144 Å². The van der Waals surface area contributed by atoms with Crippen LogP contribution in [0.1, 0.15) is 30.9 Å². The van der Waals surface area contributed by atoms with Crippen LogP contribution in [0.5, 0.6) is 0 Å². The molecule has 0 saturated carbocycles. The molecular weight excluding hydrogens is 332 g/mol. The maximum atomic E-state index is 11.5. The molecule has 1 aliphatic rings. The van der Waals surface area contributed by atoms with Gasteiger partial charge in [0.25, 0.3) is 0 Å². The van der Waals surface area contributed by atoms with E-state index in [0.29, 0.717) is 22.6 Å². The Morgan fingerprint density at radius 3 is 2.58 bits per heavy atom. The van der Waals surface area contributed by atoms with Crippen LogP contribution in [-0.4, -0.2) is 45.0 Å². The summed E-state index contributed by atoms with van der Waals surface area (Å²) in [5.74, 6) is 0. The number of hydrogen-bond donors (Lipinski definition) is 5. The summed E-state index contributed by atoms with van der Waals surface area (Å²) in [7, 11) is 0. The van der Waals surface area contributed by atoms with Gasteiger partial charge in [-0.2, -0.15) is 0 Å². The van der Waals surface area contributed by atoms with Gasteiger partial charge in [0.2, 0.25) is 0 Å². The first-order valence-corrected chi connectivity index (χ1v) is 7.96. The number of nitrogens with two attached hydrogens (primary N) is 1. The number of imide groups is 1. The summed E-state index contributed by atoms with van der Waals surface area (Å²) in [6.07, 6.45) is -0.437. The maximum Gasteiger partial charge on any atom is 0.417 e. The highest BCUT2D eigenvalue weighted by molar-refractivity contribution is 7.80. The van der Waals surface area contributed by atoms with Crippen LogP contribution < -0.4 is 16.4 Å². The van der Waals surface area contributed by atoms with Gasteiger partial charge >= 0.3 is 12.2 Å². The fourth-order valence-electron chi connectivity index (χ4n) is 2.97. The number of nitrogens with one attached hydrogen (secondary N) is 2.